The standard InChI is InChI=1S/C20H19ClFN3O2/c1-12-11-14(21)3-9-18(12)23-19(26)10-8-17-13(2)24-25(20(17)27)16-6-4-15(22)5-7-16/h3-7,9,11,24H,8,10H2,1-2H3,(H,23,26). The Kier molecular flexibility index (Phi) is 5.46. The fraction of sp³-hybridized carbons (Fsp3) is 0.200. The number of nitrogens with one attached hydrogen (secondary N) is 2. The topological polar surface area (TPSA) is 66.9 Å². The number of nitrogens with zero attached hydrogens (tertiary/aromatic N) is 1. The van der Waals surface area contributed by atoms with Gasteiger partial charge in [-0.2, -0.15) is 0 Å². The number of halogens is 2. The molecule has 0 saturated carbocycles. The largest absolute Gasteiger partial charge is 0.326 e. The third-order valence-electron chi connectivity index (χ3n) is 4.34. The van der Waals surface area contributed by atoms with Gasteiger partial charge in [0, 0.05) is 28.4 Å². The molecule has 0 radical (unpaired) electrons. The predicted octanol–water partition coefficient (Wildman–Crippen LogP) is 4.15. The number of aromatic nitrogens is 2. The minimum Gasteiger partial charge on any atom is -0.326 e. The number of amides is 1. The lowest BCUT2D eigenvalue weighted by Gasteiger charge is -2.08. The highest BCUT2D eigenvalue weighted by atomic mass is 35.5. The number of anilines is 1. The summed E-state index contributed by atoms with van der Waals surface area (Å²) in [5, 5.41) is 6.41. The summed E-state index contributed by atoms with van der Waals surface area (Å²) >= 11 is 5.92. The molecule has 7 heteroatoms. The van der Waals surface area contributed by atoms with Gasteiger partial charge in [-0.25, -0.2) is 9.07 Å². The molecule has 2 N–H and O–H groups in total. The number of carbonyl (C=O) groups is 1. The molecule has 1 heterocycles. The van der Waals surface area contributed by atoms with Crippen LogP contribution in [0.1, 0.15) is 23.2 Å². The van der Waals surface area contributed by atoms with Crippen molar-refractivity contribution in [2.45, 2.75) is 26.7 Å². The van der Waals surface area contributed by atoms with Gasteiger partial charge in [-0.3, -0.25) is 14.7 Å². The Bertz CT molecular complexity index is 1040. The SMILES string of the molecule is Cc1cc(Cl)ccc1NC(=O)CCc1c(C)[nH]n(-c2ccc(F)cc2)c1=O. The molecule has 2 aromatic carbocycles. The maximum absolute atomic E-state index is 13.1. The first-order chi connectivity index (χ1) is 12.8. The molecular weight excluding hydrogens is 369 g/mol. The second kappa shape index (κ2) is 7.80. The lowest BCUT2D eigenvalue weighted by atomic mass is 10.1. The molecule has 1 aromatic heterocycles. The first-order valence-corrected chi connectivity index (χ1v) is 8.85. The molecule has 5 nitrogen and oxygen atoms in total. The minimum absolute atomic E-state index is 0.166. The summed E-state index contributed by atoms with van der Waals surface area (Å²) in [6.45, 7) is 3.64. The Balaban J connectivity index is 1.72. The van der Waals surface area contributed by atoms with Gasteiger partial charge in [-0.15, -0.1) is 0 Å². The monoisotopic (exact) mass is 387 g/mol. The lowest BCUT2D eigenvalue weighted by molar-refractivity contribution is -0.116. The Hall–Kier alpha value is -2.86. The second-order valence-corrected chi connectivity index (χ2v) is 6.78. The fourth-order valence-corrected chi connectivity index (χ4v) is 3.09. The van der Waals surface area contributed by atoms with Crippen LogP contribution < -0.4 is 10.9 Å². The molecule has 0 aliphatic carbocycles. The van der Waals surface area contributed by atoms with Crippen molar-refractivity contribution in [1.82, 2.24) is 9.78 Å². The maximum Gasteiger partial charge on any atom is 0.274 e. The molecule has 1 amide bonds. The van der Waals surface area contributed by atoms with Crippen LogP contribution in [-0.2, 0) is 11.2 Å². The van der Waals surface area contributed by atoms with E-state index in [0.717, 1.165) is 5.56 Å². The lowest BCUT2D eigenvalue weighted by Crippen LogP contribution is -2.19. The summed E-state index contributed by atoms with van der Waals surface area (Å²) in [4.78, 5) is 24.9. The minimum atomic E-state index is -0.371. The average Bonchev–Trinajstić information content (AvgIpc) is 2.90. The van der Waals surface area contributed by atoms with E-state index in [4.69, 9.17) is 11.6 Å². The zero-order valence-corrected chi connectivity index (χ0v) is 15.7. The van der Waals surface area contributed by atoms with E-state index in [0.29, 0.717) is 34.1 Å². The Morgan fingerprint density at radius 1 is 1.19 bits per heavy atom. The first kappa shape index (κ1) is 18.9. The van der Waals surface area contributed by atoms with Gasteiger partial charge >= 0.3 is 0 Å². The van der Waals surface area contributed by atoms with Crippen molar-refractivity contribution in [3.8, 4) is 5.69 Å². The Morgan fingerprint density at radius 3 is 2.56 bits per heavy atom. The molecule has 3 rings (SSSR count). The molecule has 0 aliphatic rings. The van der Waals surface area contributed by atoms with Crippen molar-refractivity contribution in [2.24, 2.45) is 0 Å². The van der Waals surface area contributed by atoms with E-state index in [-0.39, 0.29) is 23.7 Å². The molecule has 0 atom stereocenters. The van der Waals surface area contributed by atoms with Crippen molar-refractivity contribution in [3.05, 3.63) is 80.5 Å². The van der Waals surface area contributed by atoms with Crippen LogP contribution in [0.15, 0.2) is 47.3 Å². The molecule has 0 aliphatic heterocycles. The van der Waals surface area contributed by atoms with Crippen LogP contribution in [0.25, 0.3) is 5.69 Å². The number of aryl methyl sites for hydroxylation is 2. The quantitative estimate of drug-likeness (QED) is 0.690. The Labute approximate surface area is 160 Å². The number of benzene rings is 2. The average molecular weight is 388 g/mol. The normalized spacial score (nSPS) is 10.8. The smallest absolute Gasteiger partial charge is 0.274 e. The van der Waals surface area contributed by atoms with E-state index in [1.807, 2.05) is 6.92 Å². The van der Waals surface area contributed by atoms with E-state index in [9.17, 15) is 14.0 Å². The highest BCUT2D eigenvalue weighted by Crippen LogP contribution is 2.20. The molecule has 0 saturated heterocycles. The van der Waals surface area contributed by atoms with Crippen LogP contribution in [0.2, 0.25) is 5.02 Å². The van der Waals surface area contributed by atoms with Crippen LogP contribution in [0.5, 0.6) is 0 Å². The van der Waals surface area contributed by atoms with E-state index >= 15 is 0 Å². The maximum atomic E-state index is 13.1. The van der Waals surface area contributed by atoms with Crippen LogP contribution in [0.3, 0.4) is 0 Å². The number of aromatic amines is 1. The van der Waals surface area contributed by atoms with Gasteiger partial charge in [0.1, 0.15) is 5.82 Å². The summed E-state index contributed by atoms with van der Waals surface area (Å²) in [6.07, 6.45) is 0.466. The van der Waals surface area contributed by atoms with Crippen molar-refractivity contribution in [3.63, 3.8) is 0 Å². The molecule has 140 valence electrons. The molecule has 0 fully saturated rings. The number of H-pyrrole nitrogens is 1. The van der Waals surface area contributed by atoms with Crippen LogP contribution in [0, 0.1) is 19.7 Å². The van der Waals surface area contributed by atoms with E-state index in [2.05, 4.69) is 10.4 Å². The fourth-order valence-electron chi connectivity index (χ4n) is 2.87. The van der Waals surface area contributed by atoms with E-state index in [1.165, 1.54) is 28.9 Å². The zero-order valence-electron chi connectivity index (χ0n) is 15.0. The summed E-state index contributed by atoms with van der Waals surface area (Å²) in [7, 11) is 0. The number of hydrogen-bond acceptors (Lipinski definition) is 2. The molecule has 3 aromatic rings. The summed E-state index contributed by atoms with van der Waals surface area (Å²) in [5.41, 5.74) is 3.07. The molecule has 0 bridgehead atoms. The third kappa shape index (κ3) is 4.28. The van der Waals surface area contributed by atoms with Gasteiger partial charge in [-0.05, 0) is 68.3 Å². The van der Waals surface area contributed by atoms with Crippen LogP contribution >= 0.6 is 11.6 Å². The zero-order chi connectivity index (χ0) is 19.6. The van der Waals surface area contributed by atoms with Crippen LogP contribution in [0.4, 0.5) is 10.1 Å². The van der Waals surface area contributed by atoms with Gasteiger partial charge in [0.25, 0.3) is 5.56 Å². The molecular formula is C20H19ClFN3O2. The third-order valence-corrected chi connectivity index (χ3v) is 4.58. The van der Waals surface area contributed by atoms with Gasteiger partial charge in [0.2, 0.25) is 5.91 Å². The van der Waals surface area contributed by atoms with Crippen molar-refractivity contribution >= 4 is 23.2 Å². The van der Waals surface area contributed by atoms with Gasteiger partial charge in [0.05, 0.1) is 5.69 Å². The Morgan fingerprint density at radius 2 is 1.89 bits per heavy atom. The highest BCUT2D eigenvalue weighted by Gasteiger charge is 2.14. The van der Waals surface area contributed by atoms with Crippen molar-refractivity contribution in [1.29, 1.82) is 0 Å². The van der Waals surface area contributed by atoms with E-state index < -0.39 is 0 Å². The van der Waals surface area contributed by atoms with Crippen molar-refractivity contribution in [2.75, 3.05) is 5.32 Å². The number of hydrogen-bond donors (Lipinski definition) is 2. The van der Waals surface area contributed by atoms with Gasteiger partial charge < -0.3 is 5.32 Å². The van der Waals surface area contributed by atoms with Gasteiger partial charge in [0.15, 0.2) is 0 Å². The molecule has 0 unspecified atom stereocenters. The second-order valence-electron chi connectivity index (χ2n) is 6.34. The van der Waals surface area contributed by atoms with Crippen molar-refractivity contribution < 1.29 is 9.18 Å². The first-order valence-electron chi connectivity index (χ1n) is 8.47. The van der Waals surface area contributed by atoms with Gasteiger partial charge in [-0.1, -0.05) is 11.6 Å². The van der Waals surface area contributed by atoms with E-state index in [1.54, 1.807) is 25.1 Å². The van der Waals surface area contributed by atoms with Crippen LogP contribution in [-0.4, -0.2) is 15.7 Å². The molecule has 27 heavy (non-hydrogen) atoms. The summed E-state index contributed by atoms with van der Waals surface area (Å²) < 4.78 is 14.4. The summed E-state index contributed by atoms with van der Waals surface area (Å²) in [5.74, 6) is -0.557. The summed E-state index contributed by atoms with van der Waals surface area (Å²) in [6, 6.07) is 10.9. The molecule has 0 spiro atoms. The highest BCUT2D eigenvalue weighted by molar-refractivity contribution is 6.30. The number of carbonyl (C=O) groups excluding carboxylic acids is 1. The predicted molar refractivity (Wildman–Crippen MR) is 104 cm³/mol. The number of rotatable bonds is 5.